The first-order valence-corrected chi connectivity index (χ1v) is 10.6. The molecule has 2 heterocycles. The Kier molecular flexibility index (Phi) is 6.22. The molecule has 1 saturated heterocycles. The molecule has 0 saturated carbocycles. The molecule has 1 aromatic heterocycles. The van der Waals surface area contributed by atoms with Crippen LogP contribution in [-0.4, -0.2) is 35.0 Å². The fourth-order valence-corrected chi connectivity index (χ4v) is 4.32. The Morgan fingerprint density at radius 2 is 1.72 bits per heavy atom. The summed E-state index contributed by atoms with van der Waals surface area (Å²) in [7, 11) is 0. The first-order chi connectivity index (χ1) is 14.1. The summed E-state index contributed by atoms with van der Waals surface area (Å²) in [6, 6.07) is 15.3. The van der Waals surface area contributed by atoms with Gasteiger partial charge in [0.05, 0.1) is 0 Å². The Morgan fingerprint density at radius 1 is 1.03 bits per heavy atom. The Bertz CT molecular complexity index is 991. The number of fused-ring (bicyclic) bond motifs is 1. The third kappa shape index (κ3) is 4.65. The topological polar surface area (TPSA) is 42.4 Å². The van der Waals surface area contributed by atoms with E-state index in [1.165, 1.54) is 0 Å². The molecule has 150 valence electrons. The molecule has 0 bridgehead atoms. The zero-order chi connectivity index (χ0) is 20.2. The van der Waals surface area contributed by atoms with Crippen molar-refractivity contribution < 1.29 is 9.53 Å². The molecule has 0 spiro atoms. The Labute approximate surface area is 180 Å². The minimum Gasteiger partial charge on any atom is -0.488 e. The van der Waals surface area contributed by atoms with Gasteiger partial charge in [0, 0.05) is 54.0 Å². The number of carbonyl (C=O) groups is 1. The SMILES string of the molecule is O=C(CCc1c(Cl)cccc1Cl)N1CCC(Oc2cccc3cccnc23)CC1. The van der Waals surface area contributed by atoms with Gasteiger partial charge < -0.3 is 9.64 Å². The molecule has 0 unspecified atom stereocenters. The zero-order valence-corrected chi connectivity index (χ0v) is 17.5. The molecule has 29 heavy (non-hydrogen) atoms. The summed E-state index contributed by atoms with van der Waals surface area (Å²) in [5, 5.41) is 2.29. The van der Waals surface area contributed by atoms with E-state index < -0.39 is 0 Å². The van der Waals surface area contributed by atoms with E-state index in [4.69, 9.17) is 27.9 Å². The summed E-state index contributed by atoms with van der Waals surface area (Å²) in [4.78, 5) is 19.0. The van der Waals surface area contributed by atoms with E-state index in [-0.39, 0.29) is 12.0 Å². The number of ether oxygens (including phenoxy) is 1. The first-order valence-electron chi connectivity index (χ1n) is 9.83. The lowest BCUT2D eigenvalue weighted by atomic mass is 10.1. The van der Waals surface area contributed by atoms with E-state index in [1.807, 2.05) is 41.3 Å². The Hall–Kier alpha value is -2.30. The van der Waals surface area contributed by atoms with Gasteiger partial charge in [-0.3, -0.25) is 9.78 Å². The Balaban J connectivity index is 1.31. The maximum atomic E-state index is 12.6. The summed E-state index contributed by atoms with van der Waals surface area (Å²) in [6.45, 7) is 1.38. The number of likely N-dealkylation sites (tertiary alicyclic amines) is 1. The fraction of sp³-hybridized carbons (Fsp3) is 0.304. The number of piperidine rings is 1. The first kappa shape index (κ1) is 20.0. The number of carbonyl (C=O) groups excluding carboxylic acids is 1. The van der Waals surface area contributed by atoms with Gasteiger partial charge >= 0.3 is 0 Å². The van der Waals surface area contributed by atoms with E-state index in [9.17, 15) is 4.79 Å². The number of pyridine rings is 1. The molecular formula is C23H22Cl2N2O2. The molecule has 6 heteroatoms. The van der Waals surface area contributed by atoms with Gasteiger partial charge in [-0.15, -0.1) is 0 Å². The van der Waals surface area contributed by atoms with Crippen LogP contribution in [0.1, 0.15) is 24.8 Å². The zero-order valence-electron chi connectivity index (χ0n) is 16.0. The van der Waals surface area contributed by atoms with Crippen LogP contribution in [0.2, 0.25) is 10.0 Å². The molecule has 4 nitrogen and oxygen atoms in total. The lowest BCUT2D eigenvalue weighted by Crippen LogP contribution is -2.41. The summed E-state index contributed by atoms with van der Waals surface area (Å²) < 4.78 is 6.22. The predicted molar refractivity (Wildman–Crippen MR) is 117 cm³/mol. The highest BCUT2D eigenvalue weighted by Gasteiger charge is 2.24. The van der Waals surface area contributed by atoms with Gasteiger partial charge in [-0.2, -0.15) is 0 Å². The number of nitrogens with zero attached hydrogens (tertiary/aromatic N) is 2. The molecule has 1 fully saturated rings. The summed E-state index contributed by atoms with van der Waals surface area (Å²) in [6.07, 6.45) is 4.44. The number of rotatable bonds is 5. The number of halogens is 2. The van der Waals surface area contributed by atoms with Crippen molar-refractivity contribution in [1.29, 1.82) is 0 Å². The lowest BCUT2D eigenvalue weighted by Gasteiger charge is -2.32. The normalized spacial score (nSPS) is 14.9. The molecule has 2 aromatic carbocycles. The molecular weight excluding hydrogens is 407 g/mol. The second-order valence-electron chi connectivity index (χ2n) is 7.23. The number of hydrogen-bond acceptors (Lipinski definition) is 3. The highest BCUT2D eigenvalue weighted by molar-refractivity contribution is 6.36. The van der Waals surface area contributed by atoms with Crippen LogP contribution in [0.25, 0.3) is 10.9 Å². The van der Waals surface area contributed by atoms with Gasteiger partial charge in [-0.25, -0.2) is 0 Å². The van der Waals surface area contributed by atoms with Crippen LogP contribution in [0.15, 0.2) is 54.7 Å². The van der Waals surface area contributed by atoms with E-state index in [1.54, 1.807) is 18.3 Å². The molecule has 1 aliphatic rings. The maximum absolute atomic E-state index is 12.6. The van der Waals surface area contributed by atoms with Gasteiger partial charge in [-0.1, -0.05) is 47.5 Å². The van der Waals surface area contributed by atoms with Gasteiger partial charge in [-0.05, 0) is 36.2 Å². The average molecular weight is 429 g/mol. The van der Waals surface area contributed by atoms with Gasteiger partial charge in [0.25, 0.3) is 0 Å². The monoisotopic (exact) mass is 428 g/mol. The second-order valence-corrected chi connectivity index (χ2v) is 8.04. The van der Waals surface area contributed by atoms with Crippen molar-refractivity contribution >= 4 is 40.0 Å². The molecule has 3 aromatic rings. The molecule has 1 aliphatic heterocycles. The van der Waals surface area contributed by atoms with Crippen molar-refractivity contribution in [3.8, 4) is 5.75 Å². The second kappa shape index (κ2) is 9.02. The number of benzene rings is 2. The molecule has 1 amide bonds. The number of hydrogen-bond donors (Lipinski definition) is 0. The van der Waals surface area contributed by atoms with Crippen LogP contribution in [0.5, 0.6) is 5.75 Å². The lowest BCUT2D eigenvalue weighted by molar-refractivity contribution is -0.132. The van der Waals surface area contributed by atoms with Crippen LogP contribution in [0.4, 0.5) is 0 Å². The van der Waals surface area contributed by atoms with Gasteiger partial charge in [0.1, 0.15) is 17.4 Å². The summed E-state index contributed by atoms with van der Waals surface area (Å²) in [5.74, 6) is 0.938. The van der Waals surface area contributed by atoms with Crippen LogP contribution in [0, 0.1) is 0 Å². The van der Waals surface area contributed by atoms with Crippen LogP contribution in [0.3, 0.4) is 0 Å². The van der Waals surface area contributed by atoms with Crippen molar-refractivity contribution in [3.63, 3.8) is 0 Å². The van der Waals surface area contributed by atoms with Crippen molar-refractivity contribution in [2.24, 2.45) is 0 Å². The maximum Gasteiger partial charge on any atom is 0.222 e. The molecule has 4 rings (SSSR count). The Morgan fingerprint density at radius 3 is 2.48 bits per heavy atom. The van der Waals surface area contributed by atoms with E-state index in [0.717, 1.165) is 35.1 Å². The molecule has 0 radical (unpaired) electrons. The molecule has 0 aliphatic carbocycles. The van der Waals surface area contributed by atoms with Gasteiger partial charge in [0.15, 0.2) is 0 Å². The molecule has 0 atom stereocenters. The van der Waals surface area contributed by atoms with Crippen LogP contribution in [-0.2, 0) is 11.2 Å². The van der Waals surface area contributed by atoms with E-state index in [2.05, 4.69) is 4.98 Å². The minimum absolute atomic E-state index is 0.0877. The average Bonchev–Trinajstić information content (AvgIpc) is 2.74. The quantitative estimate of drug-likeness (QED) is 0.535. The van der Waals surface area contributed by atoms with Crippen molar-refractivity contribution in [3.05, 3.63) is 70.3 Å². The summed E-state index contributed by atoms with van der Waals surface area (Å²) >= 11 is 12.4. The van der Waals surface area contributed by atoms with Crippen molar-refractivity contribution in [2.75, 3.05) is 13.1 Å². The van der Waals surface area contributed by atoms with Crippen LogP contribution < -0.4 is 4.74 Å². The number of amides is 1. The predicted octanol–water partition coefficient (Wildman–Crippen LogP) is 5.54. The highest BCUT2D eigenvalue weighted by Crippen LogP contribution is 2.28. The van der Waals surface area contributed by atoms with E-state index in [0.29, 0.717) is 36.0 Å². The third-order valence-corrected chi connectivity index (χ3v) is 6.04. The summed E-state index contributed by atoms with van der Waals surface area (Å²) in [5.41, 5.74) is 1.72. The van der Waals surface area contributed by atoms with Crippen LogP contribution >= 0.6 is 23.2 Å². The van der Waals surface area contributed by atoms with E-state index >= 15 is 0 Å². The minimum atomic E-state index is 0.0877. The van der Waals surface area contributed by atoms with Crippen molar-refractivity contribution in [2.45, 2.75) is 31.8 Å². The largest absolute Gasteiger partial charge is 0.488 e. The highest BCUT2D eigenvalue weighted by atomic mass is 35.5. The molecule has 0 N–H and O–H groups in total. The third-order valence-electron chi connectivity index (χ3n) is 5.33. The number of aromatic nitrogens is 1. The van der Waals surface area contributed by atoms with Crippen molar-refractivity contribution in [1.82, 2.24) is 9.88 Å². The standard InChI is InChI=1S/C23H22Cl2N2O2/c24-19-6-2-7-20(25)18(19)9-10-22(28)27-14-11-17(12-15-27)29-21-8-1-4-16-5-3-13-26-23(16)21/h1-8,13,17H,9-12,14-15H2. The fourth-order valence-electron chi connectivity index (χ4n) is 3.74. The van der Waals surface area contributed by atoms with Gasteiger partial charge in [0.2, 0.25) is 5.91 Å². The number of para-hydroxylation sites is 1. The smallest absolute Gasteiger partial charge is 0.222 e.